The van der Waals surface area contributed by atoms with Crippen molar-refractivity contribution < 1.29 is 23.8 Å². The lowest BCUT2D eigenvalue weighted by Gasteiger charge is -2.32. The van der Waals surface area contributed by atoms with E-state index in [0.29, 0.717) is 23.5 Å². The van der Waals surface area contributed by atoms with E-state index in [-0.39, 0.29) is 0 Å². The number of imidazole rings is 1. The number of hydrogen-bond donors (Lipinski definition) is 3. The molecular formula is C17H20FN5O4. The minimum atomic E-state index is -2.18. The SMILES string of the molecule is C[C@]1(O)[C@@H](CO)O[C@@H](n2cnc3c(NCc4ccco4)ncnc32)[C@]1(C)F. The van der Waals surface area contributed by atoms with Gasteiger partial charge < -0.3 is 24.7 Å². The van der Waals surface area contributed by atoms with Gasteiger partial charge in [-0.3, -0.25) is 4.57 Å². The number of aliphatic hydroxyl groups excluding tert-OH is 1. The van der Waals surface area contributed by atoms with Crippen molar-refractivity contribution in [3.63, 3.8) is 0 Å². The van der Waals surface area contributed by atoms with Crippen LogP contribution in [0.1, 0.15) is 25.8 Å². The molecule has 144 valence electrons. The third-order valence-corrected chi connectivity index (χ3v) is 5.16. The predicted molar refractivity (Wildman–Crippen MR) is 92.5 cm³/mol. The lowest BCUT2D eigenvalue weighted by Crippen LogP contribution is -2.51. The van der Waals surface area contributed by atoms with Crippen LogP contribution in [0.4, 0.5) is 10.2 Å². The average molecular weight is 377 g/mol. The van der Waals surface area contributed by atoms with Crippen molar-refractivity contribution in [1.29, 1.82) is 0 Å². The fourth-order valence-corrected chi connectivity index (χ4v) is 3.27. The van der Waals surface area contributed by atoms with Crippen molar-refractivity contribution in [2.75, 3.05) is 11.9 Å². The van der Waals surface area contributed by atoms with Crippen molar-refractivity contribution in [2.45, 2.75) is 44.0 Å². The number of aliphatic hydroxyl groups is 2. The molecule has 4 rings (SSSR count). The lowest BCUT2D eigenvalue weighted by molar-refractivity contribution is -0.0891. The summed E-state index contributed by atoms with van der Waals surface area (Å²) in [6.07, 6.45) is 2.01. The fourth-order valence-electron chi connectivity index (χ4n) is 3.27. The van der Waals surface area contributed by atoms with Crippen LogP contribution < -0.4 is 5.32 Å². The highest BCUT2D eigenvalue weighted by Crippen LogP contribution is 2.48. The Morgan fingerprint density at radius 2 is 2.15 bits per heavy atom. The van der Waals surface area contributed by atoms with Crippen molar-refractivity contribution in [2.24, 2.45) is 0 Å². The molecule has 0 spiro atoms. The van der Waals surface area contributed by atoms with E-state index in [0.717, 1.165) is 5.76 Å². The molecule has 0 bridgehead atoms. The summed E-state index contributed by atoms with van der Waals surface area (Å²) in [4.78, 5) is 12.7. The van der Waals surface area contributed by atoms with Crippen LogP contribution in [0.3, 0.4) is 0 Å². The van der Waals surface area contributed by atoms with E-state index >= 15 is 4.39 Å². The smallest absolute Gasteiger partial charge is 0.183 e. The van der Waals surface area contributed by atoms with Crippen LogP contribution in [0.5, 0.6) is 0 Å². The van der Waals surface area contributed by atoms with Crippen LogP contribution in [-0.2, 0) is 11.3 Å². The fraction of sp³-hybridized carbons (Fsp3) is 0.471. The van der Waals surface area contributed by atoms with Gasteiger partial charge in [-0.1, -0.05) is 0 Å². The number of nitrogens with zero attached hydrogens (tertiary/aromatic N) is 4. The minimum absolute atomic E-state index is 0.343. The molecule has 3 aromatic rings. The number of rotatable bonds is 5. The second-order valence-corrected chi connectivity index (χ2v) is 6.86. The Morgan fingerprint density at radius 1 is 1.33 bits per heavy atom. The third kappa shape index (κ3) is 2.68. The molecule has 0 aliphatic carbocycles. The van der Waals surface area contributed by atoms with E-state index in [2.05, 4.69) is 20.3 Å². The van der Waals surface area contributed by atoms with E-state index in [1.165, 1.54) is 31.1 Å². The molecule has 9 nitrogen and oxygen atoms in total. The van der Waals surface area contributed by atoms with Crippen molar-refractivity contribution >= 4 is 17.0 Å². The summed E-state index contributed by atoms with van der Waals surface area (Å²) in [5, 5.41) is 23.1. The Kier molecular flexibility index (Phi) is 4.13. The number of hydrogen-bond acceptors (Lipinski definition) is 8. The molecule has 0 aromatic carbocycles. The Hall–Kier alpha value is -2.56. The normalized spacial score (nSPS) is 30.9. The van der Waals surface area contributed by atoms with Crippen LogP contribution in [0.25, 0.3) is 11.2 Å². The molecule has 1 aliphatic rings. The van der Waals surface area contributed by atoms with Crippen LogP contribution in [-0.4, -0.2) is 53.7 Å². The standard InChI is InChI=1S/C17H20FN5O4/c1-16(18)15(27-11(7-24)17(16,2)25)23-9-22-12-13(20-8-21-14(12)23)19-6-10-4-3-5-26-10/h3-5,8-9,11,15,24-25H,6-7H2,1-2H3,(H,19,20,21)/t11-,15-,16+,17+/m1/s1. The van der Waals surface area contributed by atoms with Crippen molar-refractivity contribution in [3.8, 4) is 0 Å². The number of nitrogens with one attached hydrogen (secondary N) is 1. The molecule has 10 heteroatoms. The number of furan rings is 1. The van der Waals surface area contributed by atoms with E-state index < -0.39 is 30.2 Å². The molecule has 4 atom stereocenters. The lowest BCUT2D eigenvalue weighted by atomic mass is 9.85. The van der Waals surface area contributed by atoms with Gasteiger partial charge in [-0.2, -0.15) is 0 Å². The Morgan fingerprint density at radius 3 is 2.81 bits per heavy atom. The van der Waals surface area contributed by atoms with Crippen LogP contribution in [0, 0.1) is 0 Å². The predicted octanol–water partition coefficient (Wildman–Crippen LogP) is 1.40. The first-order valence-corrected chi connectivity index (χ1v) is 8.47. The number of fused-ring (bicyclic) bond motifs is 1. The summed E-state index contributed by atoms with van der Waals surface area (Å²) < 4.78 is 27.7. The van der Waals surface area contributed by atoms with Crippen molar-refractivity contribution in [1.82, 2.24) is 19.5 Å². The molecular weight excluding hydrogens is 357 g/mol. The van der Waals surface area contributed by atoms with Gasteiger partial charge in [0, 0.05) is 0 Å². The van der Waals surface area contributed by atoms with E-state index in [1.807, 2.05) is 6.07 Å². The maximum Gasteiger partial charge on any atom is 0.183 e. The monoisotopic (exact) mass is 377 g/mol. The van der Waals surface area contributed by atoms with Gasteiger partial charge in [0.05, 0.1) is 25.7 Å². The Bertz CT molecular complexity index is 940. The number of ether oxygens (including phenoxy) is 1. The van der Waals surface area contributed by atoms with Gasteiger partial charge >= 0.3 is 0 Å². The van der Waals surface area contributed by atoms with Gasteiger partial charge in [-0.05, 0) is 26.0 Å². The zero-order valence-electron chi connectivity index (χ0n) is 14.8. The van der Waals surface area contributed by atoms with E-state index in [1.54, 1.807) is 12.3 Å². The molecule has 3 N–H and O–H groups in total. The molecule has 1 fully saturated rings. The average Bonchev–Trinajstić information content (AvgIpc) is 3.33. The highest BCUT2D eigenvalue weighted by molar-refractivity contribution is 5.82. The summed E-state index contributed by atoms with van der Waals surface area (Å²) in [5.74, 6) is 1.18. The highest BCUT2D eigenvalue weighted by Gasteiger charge is 2.63. The van der Waals surface area contributed by atoms with Crippen molar-refractivity contribution in [3.05, 3.63) is 36.8 Å². The molecule has 4 heterocycles. The highest BCUT2D eigenvalue weighted by atomic mass is 19.1. The van der Waals surface area contributed by atoms with Gasteiger partial charge in [0.1, 0.15) is 23.8 Å². The number of alkyl halides is 1. The zero-order chi connectivity index (χ0) is 19.2. The van der Waals surface area contributed by atoms with Gasteiger partial charge in [0.25, 0.3) is 0 Å². The maximum absolute atomic E-state index is 15.4. The molecule has 3 aromatic heterocycles. The van der Waals surface area contributed by atoms with Gasteiger partial charge in [0.15, 0.2) is 28.9 Å². The van der Waals surface area contributed by atoms with Crippen LogP contribution in [0.15, 0.2) is 35.5 Å². The molecule has 1 aliphatic heterocycles. The molecule has 0 amide bonds. The first-order valence-electron chi connectivity index (χ1n) is 8.47. The quantitative estimate of drug-likeness (QED) is 0.611. The first-order chi connectivity index (χ1) is 12.9. The molecule has 0 radical (unpaired) electrons. The Balaban J connectivity index is 1.69. The summed E-state index contributed by atoms with van der Waals surface area (Å²) in [7, 11) is 0. The molecule has 0 unspecified atom stereocenters. The van der Waals surface area contributed by atoms with Gasteiger partial charge in [-0.25, -0.2) is 19.3 Å². The molecule has 1 saturated heterocycles. The number of halogens is 1. The largest absolute Gasteiger partial charge is 0.467 e. The topological polar surface area (TPSA) is 118 Å². The van der Waals surface area contributed by atoms with Gasteiger partial charge in [0.2, 0.25) is 0 Å². The second-order valence-electron chi connectivity index (χ2n) is 6.86. The second kappa shape index (κ2) is 6.25. The van der Waals surface area contributed by atoms with E-state index in [4.69, 9.17) is 9.15 Å². The molecule has 0 saturated carbocycles. The summed E-state index contributed by atoms with van der Waals surface area (Å²) in [6, 6.07) is 3.60. The minimum Gasteiger partial charge on any atom is -0.467 e. The summed E-state index contributed by atoms with van der Waals surface area (Å²) >= 11 is 0. The van der Waals surface area contributed by atoms with Crippen LogP contribution in [0.2, 0.25) is 0 Å². The van der Waals surface area contributed by atoms with Crippen LogP contribution >= 0.6 is 0 Å². The number of aromatic nitrogens is 4. The van der Waals surface area contributed by atoms with E-state index in [9.17, 15) is 10.2 Å². The first kappa shape index (κ1) is 17.8. The number of anilines is 1. The molecule has 27 heavy (non-hydrogen) atoms. The van der Waals surface area contributed by atoms with Gasteiger partial charge in [-0.15, -0.1) is 0 Å². The maximum atomic E-state index is 15.4. The third-order valence-electron chi connectivity index (χ3n) is 5.16. The zero-order valence-corrected chi connectivity index (χ0v) is 14.8. The Labute approximate surface area is 153 Å². The summed E-state index contributed by atoms with van der Waals surface area (Å²) in [5.41, 5.74) is -3.29. The summed E-state index contributed by atoms with van der Waals surface area (Å²) in [6.45, 7) is 2.42.